The summed E-state index contributed by atoms with van der Waals surface area (Å²) in [5.74, 6) is -0.787. The molecule has 3 N–H and O–H groups in total. The Balaban J connectivity index is 2.59. The standard InChI is InChI=1S/C11H8Cl2F3N3O/c1-20-11(15,16)10-8(13)9(18-19-10)4-2-7(17)5(12)3-6(4)14/h2-3H,17H2,1H3,(H,18,19). The van der Waals surface area contributed by atoms with Crippen molar-refractivity contribution in [3.63, 3.8) is 0 Å². The van der Waals surface area contributed by atoms with Gasteiger partial charge in [0.05, 0.1) is 15.7 Å². The van der Waals surface area contributed by atoms with E-state index < -0.39 is 22.6 Å². The van der Waals surface area contributed by atoms with Gasteiger partial charge < -0.3 is 10.5 Å². The number of rotatable bonds is 3. The third kappa shape index (κ3) is 2.44. The van der Waals surface area contributed by atoms with Crippen LogP contribution in [0.4, 0.5) is 18.9 Å². The molecule has 2 rings (SSSR count). The molecule has 0 aliphatic carbocycles. The number of aromatic nitrogens is 2. The first-order chi connectivity index (χ1) is 9.27. The van der Waals surface area contributed by atoms with Gasteiger partial charge in [0.25, 0.3) is 0 Å². The van der Waals surface area contributed by atoms with E-state index in [-0.39, 0.29) is 22.0 Å². The van der Waals surface area contributed by atoms with Crippen molar-refractivity contribution in [3.8, 4) is 11.3 Å². The number of hydrogen-bond acceptors (Lipinski definition) is 3. The van der Waals surface area contributed by atoms with Crippen molar-refractivity contribution in [2.45, 2.75) is 6.11 Å². The lowest BCUT2D eigenvalue weighted by atomic mass is 10.1. The number of hydrogen-bond donors (Lipinski definition) is 2. The van der Waals surface area contributed by atoms with Crippen molar-refractivity contribution in [1.29, 1.82) is 0 Å². The molecule has 2 aromatic rings. The van der Waals surface area contributed by atoms with Crippen LogP contribution in [0.3, 0.4) is 0 Å². The van der Waals surface area contributed by atoms with Gasteiger partial charge in [0.15, 0.2) is 5.69 Å². The molecule has 0 aliphatic rings. The fourth-order valence-corrected chi connectivity index (χ4v) is 2.00. The first kappa shape index (κ1) is 15.0. The summed E-state index contributed by atoms with van der Waals surface area (Å²) < 4.78 is 44.6. The number of aromatic amines is 1. The maximum Gasteiger partial charge on any atom is 0.400 e. The monoisotopic (exact) mass is 325 g/mol. The molecule has 0 saturated heterocycles. The van der Waals surface area contributed by atoms with Crippen molar-refractivity contribution >= 4 is 28.9 Å². The van der Waals surface area contributed by atoms with E-state index in [1.165, 1.54) is 0 Å². The van der Waals surface area contributed by atoms with E-state index >= 15 is 0 Å². The van der Waals surface area contributed by atoms with Crippen LogP contribution in [0.1, 0.15) is 5.69 Å². The molecule has 1 aromatic carbocycles. The molecule has 0 spiro atoms. The van der Waals surface area contributed by atoms with Crippen molar-refractivity contribution < 1.29 is 17.9 Å². The van der Waals surface area contributed by atoms with Gasteiger partial charge in [0.2, 0.25) is 0 Å². The number of benzene rings is 1. The normalized spacial score (nSPS) is 11.9. The summed E-state index contributed by atoms with van der Waals surface area (Å²) in [5.41, 5.74) is 4.49. The van der Waals surface area contributed by atoms with Crippen LogP contribution in [0, 0.1) is 5.82 Å². The summed E-state index contributed by atoms with van der Waals surface area (Å²) in [6.07, 6.45) is -3.67. The molecule has 0 unspecified atom stereocenters. The van der Waals surface area contributed by atoms with Crippen LogP contribution < -0.4 is 5.73 Å². The minimum absolute atomic E-state index is 0.000327. The zero-order valence-corrected chi connectivity index (χ0v) is 11.5. The van der Waals surface area contributed by atoms with E-state index in [0.29, 0.717) is 0 Å². The van der Waals surface area contributed by atoms with Gasteiger partial charge in [-0.1, -0.05) is 23.2 Å². The lowest BCUT2D eigenvalue weighted by Gasteiger charge is -2.11. The molecule has 0 bridgehead atoms. The third-order valence-corrected chi connectivity index (χ3v) is 3.29. The van der Waals surface area contributed by atoms with Crippen LogP contribution in [-0.2, 0) is 10.8 Å². The molecule has 0 amide bonds. The van der Waals surface area contributed by atoms with Gasteiger partial charge in [-0.3, -0.25) is 5.10 Å². The SMILES string of the molecule is COC(F)(F)c1[nH]nc(-c2cc(N)c(Cl)cc2F)c1Cl. The first-order valence-corrected chi connectivity index (χ1v) is 5.95. The fraction of sp³-hybridized carbons (Fsp3) is 0.182. The maximum absolute atomic E-state index is 13.8. The van der Waals surface area contributed by atoms with Crippen LogP contribution in [0.2, 0.25) is 10.0 Å². The van der Waals surface area contributed by atoms with Crippen LogP contribution in [0.25, 0.3) is 11.3 Å². The number of H-pyrrole nitrogens is 1. The molecule has 4 nitrogen and oxygen atoms in total. The molecule has 1 heterocycles. The van der Waals surface area contributed by atoms with Crippen LogP contribution in [-0.4, -0.2) is 17.3 Å². The Morgan fingerprint density at radius 1 is 1.35 bits per heavy atom. The number of nitrogens with two attached hydrogens (primary N) is 1. The van der Waals surface area contributed by atoms with E-state index in [0.717, 1.165) is 19.2 Å². The van der Waals surface area contributed by atoms with Crippen molar-refractivity contribution in [1.82, 2.24) is 10.2 Å². The van der Waals surface area contributed by atoms with Crippen molar-refractivity contribution in [3.05, 3.63) is 33.7 Å². The highest BCUT2D eigenvalue weighted by Crippen LogP contribution is 2.39. The highest BCUT2D eigenvalue weighted by Gasteiger charge is 2.38. The Morgan fingerprint density at radius 3 is 2.60 bits per heavy atom. The molecule has 0 fully saturated rings. The number of nitrogens with zero attached hydrogens (tertiary/aromatic N) is 1. The van der Waals surface area contributed by atoms with E-state index in [4.69, 9.17) is 28.9 Å². The highest BCUT2D eigenvalue weighted by molar-refractivity contribution is 6.34. The molecule has 0 aliphatic heterocycles. The quantitative estimate of drug-likeness (QED) is 0.843. The molecule has 108 valence electrons. The third-order valence-electron chi connectivity index (χ3n) is 2.60. The summed E-state index contributed by atoms with van der Waals surface area (Å²) >= 11 is 11.4. The number of ether oxygens (including phenoxy) is 1. The van der Waals surface area contributed by atoms with Gasteiger partial charge in [-0.25, -0.2) is 4.39 Å². The molecule has 1 aromatic heterocycles. The molecule has 0 atom stereocenters. The van der Waals surface area contributed by atoms with Gasteiger partial charge in [-0.2, -0.15) is 13.9 Å². The van der Waals surface area contributed by atoms with Crippen LogP contribution in [0.15, 0.2) is 12.1 Å². The zero-order valence-electron chi connectivity index (χ0n) is 9.98. The smallest absolute Gasteiger partial charge is 0.398 e. The second-order valence-electron chi connectivity index (χ2n) is 3.84. The predicted octanol–water partition coefficient (Wildman–Crippen LogP) is 3.80. The second-order valence-corrected chi connectivity index (χ2v) is 4.62. The number of halogens is 5. The fourth-order valence-electron chi connectivity index (χ4n) is 1.55. The van der Waals surface area contributed by atoms with Gasteiger partial charge in [-0.15, -0.1) is 0 Å². The predicted molar refractivity (Wildman–Crippen MR) is 69.3 cm³/mol. The number of nitrogen functional groups attached to an aromatic ring is 1. The van der Waals surface area contributed by atoms with Crippen LogP contribution in [0.5, 0.6) is 0 Å². The Kier molecular flexibility index (Phi) is 3.86. The Labute approximate surface area is 121 Å². The second kappa shape index (κ2) is 5.16. The number of anilines is 1. The first-order valence-electron chi connectivity index (χ1n) is 5.20. The van der Waals surface area contributed by atoms with Gasteiger partial charge in [0, 0.05) is 12.7 Å². The molecule has 0 radical (unpaired) electrons. The minimum Gasteiger partial charge on any atom is -0.398 e. The van der Waals surface area contributed by atoms with E-state index in [1.54, 1.807) is 0 Å². The van der Waals surface area contributed by atoms with Crippen LogP contribution >= 0.6 is 23.2 Å². The summed E-state index contributed by atoms with van der Waals surface area (Å²) in [7, 11) is 0.803. The lowest BCUT2D eigenvalue weighted by molar-refractivity contribution is -0.234. The summed E-state index contributed by atoms with van der Waals surface area (Å²) in [6.45, 7) is 0. The molecule has 0 saturated carbocycles. The average molecular weight is 326 g/mol. The van der Waals surface area contributed by atoms with Crippen molar-refractivity contribution in [2.75, 3.05) is 12.8 Å². The highest BCUT2D eigenvalue weighted by atomic mass is 35.5. The van der Waals surface area contributed by atoms with E-state index in [2.05, 4.69) is 9.84 Å². The minimum atomic E-state index is -3.67. The topological polar surface area (TPSA) is 63.9 Å². The van der Waals surface area contributed by atoms with E-state index in [1.807, 2.05) is 5.10 Å². The maximum atomic E-state index is 13.8. The van der Waals surface area contributed by atoms with Crippen molar-refractivity contribution in [2.24, 2.45) is 0 Å². The van der Waals surface area contributed by atoms with E-state index in [9.17, 15) is 13.2 Å². The van der Waals surface area contributed by atoms with Gasteiger partial charge in [-0.05, 0) is 12.1 Å². The lowest BCUT2D eigenvalue weighted by Crippen LogP contribution is -2.16. The molecule has 20 heavy (non-hydrogen) atoms. The molecule has 9 heteroatoms. The zero-order chi connectivity index (χ0) is 15.1. The summed E-state index contributed by atoms with van der Waals surface area (Å²) in [4.78, 5) is 0. The Morgan fingerprint density at radius 2 is 2.00 bits per heavy atom. The largest absolute Gasteiger partial charge is 0.400 e. The summed E-state index contributed by atoms with van der Waals surface area (Å²) in [5, 5.41) is 5.14. The van der Waals surface area contributed by atoms with Gasteiger partial charge in [0.1, 0.15) is 11.5 Å². The summed E-state index contributed by atoms with van der Waals surface area (Å²) in [6, 6.07) is 2.11. The Bertz CT molecular complexity index is 661. The number of nitrogens with one attached hydrogen (secondary N) is 1. The number of methoxy groups -OCH3 is 1. The molecular weight excluding hydrogens is 318 g/mol. The number of alkyl halides is 2. The van der Waals surface area contributed by atoms with Gasteiger partial charge >= 0.3 is 6.11 Å². The average Bonchev–Trinajstić information content (AvgIpc) is 2.76. The molecular formula is C11H8Cl2F3N3O. The Hall–Kier alpha value is -1.44.